The van der Waals surface area contributed by atoms with E-state index < -0.39 is 5.54 Å². The minimum absolute atomic E-state index is 0.0937. The van der Waals surface area contributed by atoms with Crippen molar-refractivity contribution in [1.82, 2.24) is 0 Å². The fraction of sp³-hybridized carbons (Fsp3) is 0.133. The molecular formula is C15H16N2O2. The van der Waals surface area contributed by atoms with Gasteiger partial charge in [-0.3, -0.25) is 4.79 Å². The molecule has 0 radical (unpaired) electrons. The standard InChI is InChI=1S/C15H16N2O2/c1-15(16,11-6-3-2-4-7-11)14(19)17-12-8-5-9-13(18)10-12/h2-10,18H,16H2,1H3,(H,17,19). The van der Waals surface area contributed by atoms with Crippen molar-refractivity contribution < 1.29 is 9.90 Å². The highest BCUT2D eigenvalue weighted by atomic mass is 16.3. The molecule has 4 heteroatoms. The Hall–Kier alpha value is -2.33. The van der Waals surface area contributed by atoms with Crippen LogP contribution in [0.4, 0.5) is 5.69 Å². The van der Waals surface area contributed by atoms with Gasteiger partial charge in [-0.1, -0.05) is 36.4 Å². The number of carbonyl (C=O) groups is 1. The number of phenolic OH excluding ortho intramolecular Hbond substituents is 1. The van der Waals surface area contributed by atoms with Crippen molar-refractivity contribution in [1.29, 1.82) is 0 Å². The molecular weight excluding hydrogens is 240 g/mol. The fourth-order valence-corrected chi connectivity index (χ4v) is 1.76. The second-order valence-corrected chi connectivity index (χ2v) is 4.57. The topological polar surface area (TPSA) is 75.4 Å². The molecule has 0 spiro atoms. The maximum absolute atomic E-state index is 12.2. The maximum atomic E-state index is 12.2. The second-order valence-electron chi connectivity index (χ2n) is 4.57. The number of nitrogens with one attached hydrogen (secondary N) is 1. The van der Waals surface area contributed by atoms with Gasteiger partial charge in [-0.2, -0.15) is 0 Å². The quantitative estimate of drug-likeness (QED) is 0.788. The molecule has 4 nitrogen and oxygen atoms in total. The number of aromatic hydroxyl groups is 1. The van der Waals surface area contributed by atoms with E-state index in [1.54, 1.807) is 19.1 Å². The van der Waals surface area contributed by atoms with Crippen molar-refractivity contribution in [2.45, 2.75) is 12.5 Å². The molecule has 98 valence electrons. The first-order valence-electron chi connectivity index (χ1n) is 5.95. The zero-order valence-electron chi connectivity index (χ0n) is 10.6. The monoisotopic (exact) mass is 256 g/mol. The van der Waals surface area contributed by atoms with E-state index in [0.717, 1.165) is 5.56 Å². The van der Waals surface area contributed by atoms with Gasteiger partial charge in [0.2, 0.25) is 5.91 Å². The lowest BCUT2D eigenvalue weighted by atomic mass is 9.92. The molecule has 1 unspecified atom stereocenters. The van der Waals surface area contributed by atoms with Crippen LogP contribution in [0, 0.1) is 0 Å². The number of amides is 1. The summed E-state index contributed by atoms with van der Waals surface area (Å²) < 4.78 is 0. The number of rotatable bonds is 3. The third-order valence-corrected chi connectivity index (χ3v) is 2.95. The zero-order chi connectivity index (χ0) is 13.9. The number of anilines is 1. The Bertz CT molecular complexity index is 580. The summed E-state index contributed by atoms with van der Waals surface area (Å²) >= 11 is 0. The summed E-state index contributed by atoms with van der Waals surface area (Å²) in [5, 5.41) is 12.1. The van der Waals surface area contributed by atoms with Gasteiger partial charge >= 0.3 is 0 Å². The number of hydrogen-bond acceptors (Lipinski definition) is 3. The minimum atomic E-state index is -1.13. The zero-order valence-corrected chi connectivity index (χ0v) is 10.6. The lowest BCUT2D eigenvalue weighted by molar-refractivity contribution is -0.120. The number of benzene rings is 2. The Morgan fingerprint density at radius 1 is 1.16 bits per heavy atom. The number of carbonyl (C=O) groups excluding carboxylic acids is 1. The van der Waals surface area contributed by atoms with Crippen LogP contribution in [-0.4, -0.2) is 11.0 Å². The van der Waals surface area contributed by atoms with Gasteiger partial charge in [0.05, 0.1) is 0 Å². The molecule has 2 aromatic rings. The molecule has 0 heterocycles. The van der Waals surface area contributed by atoms with E-state index >= 15 is 0 Å². The van der Waals surface area contributed by atoms with Gasteiger partial charge in [0.15, 0.2) is 0 Å². The van der Waals surface area contributed by atoms with Gasteiger partial charge in [-0.15, -0.1) is 0 Å². The average Bonchev–Trinajstić information content (AvgIpc) is 2.39. The molecule has 0 saturated carbocycles. The van der Waals surface area contributed by atoms with Gasteiger partial charge in [-0.25, -0.2) is 0 Å². The Labute approximate surface area is 111 Å². The molecule has 2 rings (SSSR count). The first-order valence-corrected chi connectivity index (χ1v) is 5.95. The van der Waals surface area contributed by atoms with E-state index in [4.69, 9.17) is 5.73 Å². The highest BCUT2D eigenvalue weighted by Gasteiger charge is 2.30. The van der Waals surface area contributed by atoms with Crippen LogP contribution in [0.15, 0.2) is 54.6 Å². The molecule has 0 aliphatic carbocycles. The molecule has 0 saturated heterocycles. The maximum Gasteiger partial charge on any atom is 0.248 e. The highest BCUT2D eigenvalue weighted by molar-refractivity contribution is 5.98. The van der Waals surface area contributed by atoms with Crippen molar-refractivity contribution in [3.8, 4) is 5.75 Å². The van der Waals surface area contributed by atoms with Crippen LogP contribution in [0.2, 0.25) is 0 Å². The Kier molecular flexibility index (Phi) is 3.53. The first kappa shape index (κ1) is 13.1. The normalized spacial score (nSPS) is 13.6. The van der Waals surface area contributed by atoms with E-state index in [2.05, 4.69) is 5.32 Å². The summed E-state index contributed by atoms with van der Waals surface area (Å²) in [6.07, 6.45) is 0. The van der Waals surface area contributed by atoms with Crippen LogP contribution in [0.1, 0.15) is 12.5 Å². The summed E-state index contributed by atoms with van der Waals surface area (Å²) in [5.41, 5.74) is 6.20. The SMILES string of the molecule is CC(N)(C(=O)Nc1cccc(O)c1)c1ccccc1. The fourth-order valence-electron chi connectivity index (χ4n) is 1.76. The lowest BCUT2D eigenvalue weighted by Gasteiger charge is -2.24. The summed E-state index contributed by atoms with van der Waals surface area (Å²) in [4.78, 5) is 12.2. The molecule has 19 heavy (non-hydrogen) atoms. The van der Waals surface area contributed by atoms with Crippen LogP contribution in [-0.2, 0) is 10.3 Å². The predicted octanol–water partition coefficient (Wildman–Crippen LogP) is 2.20. The van der Waals surface area contributed by atoms with E-state index in [-0.39, 0.29) is 11.7 Å². The summed E-state index contributed by atoms with van der Waals surface area (Å²) in [7, 11) is 0. The molecule has 0 aliphatic rings. The molecule has 2 aromatic carbocycles. The lowest BCUT2D eigenvalue weighted by Crippen LogP contribution is -2.45. The number of hydrogen-bond donors (Lipinski definition) is 3. The van der Waals surface area contributed by atoms with Crippen molar-refractivity contribution >= 4 is 11.6 Å². The molecule has 4 N–H and O–H groups in total. The minimum Gasteiger partial charge on any atom is -0.508 e. The number of phenols is 1. The largest absolute Gasteiger partial charge is 0.508 e. The van der Waals surface area contributed by atoms with E-state index in [1.807, 2.05) is 30.3 Å². The summed E-state index contributed by atoms with van der Waals surface area (Å²) in [5.74, 6) is -0.236. The Balaban J connectivity index is 2.20. The van der Waals surface area contributed by atoms with Gasteiger partial charge in [0.1, 0.15) is 11.3 Å². The molecule has 1 amide bonds. The Morgan fingerprint density at radius 3 is 2.47 bits per heavy atom. The van der Waals surface area contributed by atoms with Crippen LogP contribution in [0.25, 0.3) is 0 Å². The van der Waals surface area contributed by atoms with Crippen molar-refractivity contribution in [3.05, 3.63) is 60.2 Å². The molecule has 0 aliphatic heterocycles. The van der Waals surface area contributed by atoms with Crippen LogP contribution in [0.3, 0.4) is 0 Å². The predicted molar refractivity (Wildman–Crippen MR) is 74.7 cm³/mol. The second kappa shape index (κ2) is 5.12. The van der Waals surface area contributed by atoms with E-state index in [9.17, 15) is 9.90 Å². The Morgan fingerprint density at radius 2 is 1.84 bits per heavy atom. The van der Waals surface area contributed by atoms with Crippen molar-refractivity contribution in [3.63, 3.8) is 0 Å². The van der Waals surface area contributed by atoms with Crippen LogP contribution in [0.5, 0.6) is 5.75 Å². The summed E-state index contributed by atoms with van der Waals surface area (Å²) in [6, 6.07) is 15.5. The number of nitrogens with two attached hydrogens (primary N) is 1. The third kappa shape index (κ3) is 2.92. The molecule has 1 atom stereocenters. The molecule has 0 fully saturated rings. The van der Waals surface area contributed by atoms with Gasteiger partial charge in [-0.05, 0) is 24.6 Å². The van der Waals surface area contributed by atoms with Gasteiger partial charge < -0.3 is 16.2 Å². The van der Waals surface area contributed by atoms with Gasteiger partial charge in [0.25, 0.3) is 0 Å². The van der Waals surface area contributed by atoms with Crippen LogP contribution < -0.4 is 11.1 Å². The van der Waals surface area contributed by atoms with Crippen molar-refractivity contribution in [2.24, 2.45) is 5.73 Å². The highest BCUT2D eigenvalue weighted by Crippen LogP contribution is 2.21. The average molecular weight is 256 g/mol. The van der Waals surface area contributed by atoms with E-state index in [0.29, 0.717) is 5.69 Å². The first-order chi connectivity index (χ1) is 9.00. The third-order valence-electron chi connectivity index (χ3n) is 2.95. The van der Waals surface area contributed by atoms with Crippen molar-refractivity contribution in [2.75, 3.05) is 5.32 Å². The molecule has 0 bridgehead atoms. The summed E-state index contributed by atoms with van der Waals surface area (Å²) in [6.45, 7) is 1.65. The smallest absolute Gasteiger partial charge is 0.248 e. The van der Waals surface area contributed by atoms with E-state index in [1.165, 1.54) is 12.1 Å². The van der Waals surface area contributed by atoms with Crippen LogP contribution >= 0.6 is 0 Å². The molecule has 0 aromatic heterocycles. The van der Waals surface area contributed by atoms with Gasteiger partial charge in [0, 0.05) is 11.8 Å².